The first kappa shape index (κ1) is 22.9. The number of carbonyl (C=O) groups is 1. The molecule has 1 saturated heterocycles. The van der Waals surface area contributed by atoms with Gasteiger partial charge in [-0.15, -0.1) is 13.2 Å². The molecule has 2 aromatic rings. The molecule has 1 aliphatic rings. The maximum Gasteiger partial charge on any atom is 0.573 e. The number of aromatic nitrogens is 1. The third-order valence-corrected chi connectivity index (χ3v) is 5.28. The second-order valence-corrected chi connectivity index (χ2v) is 7.85. The maximum absolute atomic E-state index is 12.7. The number of benzene rings is 1. The zero-order valence-corrected chi connectivity index (χ0v) is 17.5. The average Bonchev–Trinajstić information content (AvgIpc) is 2.71. The van der Waals surface area contributed by atoms with Gasteiger partial charge in [-0.25, -0.2) is 0 Å². The lowest BCUT2D eigenvalue weighted by molar-refractivity contribution is -0.274. The highest BCUT2D eigenvalue weighted by Gasteiger charge is 2.32. The molecule has 1 fully saturated rings. The molecule has 0 saturated carbocycles. The van der Waals surface area contributed by atoms with Crippen molar-refractivity contribution in [2.75, 3.05) is 24.7 Å². The second-order valence-electron chi connectivity index (χ2n) is 7.85. The van der Waals surface area contributed by atoms with E-state index >= 15 is 0 Å². The number of hydrogen-bond donors (Lipinski definition) is 1. The van der Waals surface area contributed by atoms with Gasteiger partial charge in [-0.2, -0.15) is 0 Å². The first-order valence-corrected chi connectivity index (χ1v) is 10.1. The molecule has 2 N–H and O–H groups in total. The highest BCUT2D eigenvalue weighted by Crippen LogP contribution is 2.38. The molecule has 31 heavy (non-hydrogen) atoms. The van der Waals surface area contributed by atoms with E-state index in [9.17, 15) is 18.0 Å². The van der Waals surface area contributed by atoms with Crippen LogP contribution in [0.2, 0.25) is 0 Å². The van der Waals surface area contributed by atoms with Gasteiger partial charge in [-0.1, -0.05) is 13.8 Å². The largest absolute Gasteiger partial charge is 0.573 e. The smallest absolute Gasteiger partial charge is 0.406 e. The lowest BCUT2D eigenvalue weighted by atomic mass is 9.95. The number of nitrogens with zero attached hydrogens (tertiary/aromatic N) is 2. The molecule has 6 nitrogen and oxygen atoms in total. The Morgan fingerprint density at radius 2 is 1.97 bits per heavy atom. The SMILES string of the molecule is CC(C)c1cc(OC(F)(F)F)ccc1N(CC1CCOCC1)c1ccncc1C(N)=O. The molecule has 0 radical (unpaired) electrons. The van der Waals surface area contributed by atoms with Gasteiger partial charge in [0.1, 0.15) is 5.75 Å². The van der Waals surface area contributed by atoms with Crippen LogP contribution in [0, 0.1) is 5.92 Å². The molecule has 1 amide bonds. The van der Waals surface area contributed by atoms with E-state index in [2.05, 4.69) is 9.72 Å². The number of ether oxygens (including phenoxy) is 2. The summed E-state index contributed by atoms with van der Waals surface area (Å²) in [5.74, 6) is -0.712. The number of carbonyl (C=O) groups excluding carboxylic acids is 1. The van der Waals surface area contributed by atoms with Gasteiger partial charge < -0.3 is 20.1 Å². The van der Waals surface area contributed by atoms with Gasteiger partial charge >= 0.3 is 6.36 Å². The van der Waals surface area contributed by atoms with Crippen LogP contribution < -0.4 is 15.4 Å². The Labute approximate surface area is 179 Å². The average molecular weight is 437 g/mol. The summed E-state index contributed by atoms with van der Waals surface area (Å²) in [7, 11) is 0. The van der Waals surface area contributed by atoms with Crippen LogP contribution in [0.25, 0.3) is 0 Å². The lowest BCUT2D eigenvalue weighted by Crippen LogP contribution is -2.31. The molecule has 0 unspecified atom stereocenters. The number of rotatable bonds is 7. The van der Waals surface area contributed by atoms with Crippen LogP contribution in [0.1, 0.15) is 48.5 Å². The quantitative estimate of drug-likeness (QED) is 0.675. The summed E-state index contributed by atoms with van der Waals surface area (Å²) in [6, 6.07) is 5.98. The molecular weight excluding hydrogens is 411 g/mol. The molecular formula is C22H26F3N3O3. The number of alkyl halides is 3. The first-order valence-electron chi connectivity index (χ1n) is 10.1. The standard InChI is InChI=1S/C22H26F3N3O3/c1-14(2)17-11-16(31-22(23,24)25)3-4-19(17)28(13-15-6-9-30-10-7-15)20-5-8-27-12-18(20)21(26)29/h3-5,8,11-12,14-15H,6-7,9-10,13H2,1-2H3,(H2,26,29). The molecule has 0 aliphatic carbocycles. The van der Waals surface area contributed by atoms with Crippen LogP contribution in [0.3, 0.4) is 0 Å². The highest BCUT2D eigenvalue weighted by atomic mass is 19.4. The summed E-state index contributed by atoms with van der Waals surface area (Å²) in [5.41, 5.74) is 7.77. The molecule has 1 aromatic heterocycles. The molecule has 0 spiro atoms. The van der Waals surface area contributed by atoms with Crippen LogP contribution in [0.15, 0.2) is 36.7 Å². The zero-order chi connectivity index (χ0) is 22.6. The highest BCUT2D eigenvalue weighted by molar-refractivity contribution is 5.99. The van der Waals surface area contributed by atoms with E-state index in [4.69, 9.17) is 10.5 Å². The molecule has 0 bridgehead atoms. The van der Waals surface area contributed by atoms with Crippen molar-refractivity contribution in [3.05, 3.63) is 47.8 Å². The van der Waals surface area contributed by atoms with E-state index in [1.54, 1.807) is 18.3 Å². The number of pyridine rings is 1. The minimum absolute atomic E-state index is 0.0946. The summed E-state index contributed by atoms with van der Waals surface area (Å²) < 4.78 is 47.8. The fourth-order valence-corrected chi connectivity index (χ4v) is 3.76. The van der Waals surface area contributed by atoms with Crippen molar-refractivity contribution in [1.82, 2.24) is 4.98 Å². The summed E-state index contributed by atoms with van der Waals surface area (Å²) in [6.07, 6.45) is -0.110. The molecule has 2 heterocycles. The predicted octanol–water partition coefficient (Wildman–Crippen LogP) is 4.77. The van der Waals surface area contributed by atoms with E-state index in [-0.39, 0.29) is 23.1 Å². The van der Waals surface area contributed by atoms with E-state index in [0.29, 0.717) is 36.7 Å². The van der Waals surface area contributed by atoms with Crippen LogP contribution in [0.4, 0.5) is 24.5 Å². The van der Waals surface area contributed by atoms with Crippen molar-refractivity contribution in [3.63, 3.8) is 0 Å². The van der Waals surface area contributed by atoms with Gasteiger partial charge in [0, 0.05) is 37.8 Å². The first-order chi connectivity index (χ1) is 14.7. The van der Waals surface area contributed by atoms with Gasteiger partial charge in [0.05, 0.1) is 11.3 Å². The van der Waals surface area contributed by atoms with E-state index in [1.807, 2.05) is 18.7 Å². The topological polar surface area (TPSA) is 77.7 Å². The number of amides is 1. The van der Waals surface area contributed by atoms with Crippen molar-refractivity contribution in [3.8, 4) is 5.75 Å². The second kappa shape index (κ2) is 9.55. The Morgan fingerprint density at radius 1 is 1.26 bits per heavy atom. The Hall–Kier alpha value is -2.81. The number of halogens is 3. The van der Waals surface area contributed by atoms with Crippen LogP contribution in [-0.2, 0) is 4.74 Å². The Bertz CT molecular complexity index is 912. The minimum Gasteiger partial charge on any atom is -0.406 e. The number of nitrogens with two attached hydrogens (primary N) is 1. The predicted molar refractivity (Wildman–Crippen MR) is 111 cm³/mol. The van der Waals surface area contributed by atoms with Crippen molar-refractivity contribution in [2.24, 2.45) is 11.7 Å². The van der Waals surface area contributed by atoms with E-state index < -0.39 is 12.3 Å². The van der Waals surface area contributed by atoms with Gasteiger partial charge in [-0.3, -0.25) is 9.78 Å². The van der Waals surface area contributed by atoms with E-state index in [0.717, 1.165) is 12.8 Å². The lowest BCUT2D eigenvalue weighted by Gasteiger charge is -2.34. The third kappa shape index (κ3) is 5.88. The fraction of sp³-hybridized carbons (Fsp3) is 0.455. The van der Waals surface area contributed by atoms with Crippen LogP contribution >= 0.6 is 0 Å². The maximum atomic E-state index is 12.7. The number of primary amides is 1. The molecule has 1 aromatic carbocycles. The fourth-order valence-electron chi connectivity index (χ4n) is 3.76. The summed E-state index contributed by atoms with van der Waals surface area (Å²) >= 11 is 0. The summed E-state index contributed by atoms with van der Waals surface area (Å²) in [6.45, 7) is 5.64. The van der Waals surface area contributed by atoms with Crippen molar-refractivity contribution >= 4 is 17.3 Å². The molecule has 1 aliphatic heterocycles. The zero-order valence-electron chi connectivity index (χ0n) is 17.5. The van der Waals surface area contributed by atoms with Gasteiger partial charge in [0.25, 0.3) is 5.91 Å². The van der Waals surface area contributed by atoms with Crippen LogP contribution in [-0.4, -0.2) is 37.0 Å². The molecule has 0 atom stereocenters. The Morgan fingerprint density at radius 3 is 2.58 bits per heavy atom. The monoisotopic (exact) mass is 437 g/mol. The van der Waals surface area contributed by atoms with E-state index in [1.165, 1.54) is 18.3 Å². The van der Waals surface area contributed by atoms with Gasteiger partial charge in [-0.05, 0) is 54.5 Å². The minimum atomic E-state index is -4.78. The summed E-state index contributed by atoms with van der Waals surface area (Å²) in [4.78, 5) is 18.0. The Balaban J connectivity index is 2.09. The van der Waals surface area contributed by atoms with Gasteiger partial charge in [0.15, 0.2) is 0 Å². The normalized spacial score (nSPS) is 15.2. The molecule has 9 heteroatoms. The molecule has 168 valence electrons. The van der Waals surface area contributed by atoms with Crippen molar-refractivity contribution in [2.45, 2.75) is 39.0 Å². The third-order valence-electron chi connectivity index (χ3n) is 5.28. The molecule has 3 rings (SSSR count). The van der Waals surface area contributed by atoms with Gasteiger partial charge in [0.2, 0.25) is 0 Å². The van der Waals surface area contributed by atoms with Crippen LogP contribution in [0.5, 0.6) is 5.75 Å². The Kier molecular flexibility index (Phi) is 7.04. The number of anilines is 2. The summed E-state index contributed by atoms with van der Waals surface area (Å²) in [5, 5.41) is 0. The number of hydrogen-bond acceptors (Lipinski definition) is 5. The van der Waals surface area contributed by atoms with Crippen molar-refractivity contribution < 1.29 is 27.4 Å². The van der Waals surface area contributed by atoms with Crippen molar-refractivity contribution in [1.29, 1.82) is 0 Å².